The maximum atomic E-state index is 12.1. The second-order valence-corrected chi connectivity index (χ2v) is 5.87. The highest BCUT2D eigenvalue weighted by atomic mass is 35.5. The van der Waals surface area contributed by atoms with Gasteiger partial charge in [-0.15, -0.1) is 0 Å². The van der Waals surface area contributed by atoms with Crippen molar-refractivity contribution in [3.63, 3.8) is 0 Å². The standard InChI is InChI=1S/C14H17Cl2NO2/c1-8-4-2-3-5-12(8)19-14(18)9-6-10(15)13(17)11(16)7-9/h6-8,12H,2-5,17H2,1H3. The molecule has 0 amide bonds. The fourth-order valence-electron chi connectivity index (χ4n) is 2.37. The quantitative estimate of drug-likeness (QED) is 0.654. The Balaban J connectivity index is 2.11. The number of halogens is 2. The number of nitrogen functional groups attached to an aromatic ring is 1. The molecule has 1 aliphatic carbocycles. The number of benzene rings is 1. The molecule has 0 heterocycles. The molecule has 0 bridgehead atoms. The lowest BCUT2D eigenvalue weighted by molar-refractivity contribution is 0.00482. The van der Waals surface area contributed by atoms with Crippen LogP contribution in [0.15, 0.2) is 12.1 Å². The Morgan fingerprint density at radius 2 is 1.84 bits per heavy atom. The first-order valence-corrected chi connectivity index (χ1v) is 7.20. The molecule has 104 valence electrons. The highest BCUT2D eigenvalue weighted by molar-refractivity contribution is 6.39. The molecule has 1 saturated carbocycles. The van der Waals surface area contributed by atoms with E-state index in [0.29, 0.717) is 11.5 Å². The van der Waals surface area contributed by atoms with Gasteiger partial charge in [0.25, 0.3) is 0 Å². The normalized spacial score (nSPS) is 23.1. The molecule has 1 aliphatic rings. The van der Waals surface area contributed by atoms with E-state index in [4.69, 9.17) is 33.7 Å². The van der Waals surface area contributed by atoms with E-state index in [1.54, 1.807) is 0 Å². The highest BCUT2D eigenvalue weighted by Crippen LogP contribution is 2.31. The Labute approximate surface area is 123 Å². The predicted octanol–water partition coefficient (Wildman–Crippen LogP) is 4.31. The highest BCUT2D eigenvalue weighted by Gasteiger charge is 2.25. The summed E-state index contributed by atoms with van der Waals surface area (Å²) in [6.45, 7) is 2.11. The summed E-state index contributed by atoms with van der Waals surface area (Å²) in [5.74, 6) is 0.0139. The van der Waals surface area contributed by atoms with Crippen LogP contribution in [-0.2, 0) is 4.74 Å². The van der Waals surface area contributed by atoms with Crippen LogP contribution in [0.3, 0.4) is 0 Å². The average Bonchev–Trinajstić information content (AvgIpc) is 2.38. The van der Waals surface area contributed by atoms with Crippen LogP contribution >= 0.6 is 23.2 Å². The Morgan fingerprint density at radius 1 is 1.26 bits per heavy atom. The molecular formula is C14H17Cl2NO2. The maximum Gasteiger partial charge on any atom is 0.338 e. The maximum absolute atomic E-state index is 12.1. The van der Waals surface area contributed by atoms with Gasteiger partial charge in [0.15, 0.2) is 0 Å². The molecule has 0 radical (unpaired) electrons. The molecule has 5 heteroatoms. The van der Waals surface area contributed by atoms with Crippen molar-refractivity contribution in [2.45, 2.75) is 38.7 Å². The number of rotatable bonds is 2. The fraction of sp³-hybridized carbons (Fsp3) is 0.500. The van der Waals surface area contributed by atoms with E-state index in [0.717, 1.165) is 19.3 Å². The Bertz CT molecular complexity index is 467. The number of carbonyl (C=O) groups excluding carboxylic acids is 1. The third kappa shape index (κ3) is 3.34. The fourth-order valence-corrected chi connectivity index (χ4v) is 2.85. The van der Waals surface area contributed by atoms with Crippen molar-refractivity contribution in [2.24, 2.45) is 5.92 Å². The van der Waals surface area contributed by atoms with Crippen molar-refractivity contribution >= 4 is 34.9 Å². The topological polar surface area (TPSA) is 52.3 Å². The smallest absolute Gasteiger partial charge is 0.338 e. The molecule has 0 saturated heterocycles. The minimum absolute atomic E-state index is 0.0173. The molecule has 0 spiro atoms. The number of carbonyl (C=O) groups is 1. The summed E-state index contributed by atoms with van der Waals surface area (Å²) in [6.07, 6.45) is 4.31. The molecule has 1 aromatic carbocycles. The predicted molar refractivity (Wildman–Crippen MR) is 77.7 cm³/mol. The van der Waals surface area contributed by atoms with Gasteiger partial charge in [0.2, 0.25) is 0 Å². The van der Waals surface area contributed by atoms with Gasteiger partial charge < -0.3 is 10.5 Å². The van der Waals surface area contributed by atoms with Crippen LogP contribution in [-0.4, -0.2) is 12.1 Å². The Kier molecular flexibility index (Phi) is 4.58. The number of hydrogen-bond donors (Lipinski definition) is 1. The van der Waals surface area contributed by atoms with Crippen LogP contribution < -0.4 is 5.73 Å². The van der Waals surface area contributed by atoms with E-state index in [1.165, 1.54) is 18.6 Å². The molecule has 1 aromatic rings. The molecule has 1 fully saturated rings. The van der Waals surface area contributed by atoms with Gasteiger partial charge in [0.1, 0.15) is 6.10 Å². The molecule has 19 heavy (non-hydrogen) atoms. The first-order valence-electron chi connectivity index (χ1n) is 6.44. The molecule has 0 aliphatic heterocycles. The minimum atomic E-state index is -0.387. The number of nitrogens with two attached hydrogens (primary N) is 1. The Morgan fingerprint density at radius 3 is 2.42 bits per heavy atom. The number of esters is 1. The lowest BCUT2D eigenvalue weighted by atomic mass is 9.88. The minimum Gasteiger partial charge on any atom is -0.458 e. The largest absolute Gasteiger partial charge is 0.458 e. The van der Waals surface area contributed by atoms with Crippen molar-refractivity contribution < 1.29 is 9.53 Å². The van der Waals surface area contributed by atoms with Gasteiger partial charge in [-0.3, -0.25) is 0 Å². The van der Waals surface area contributed by atoms with E-state index in [-0.39, 0.29) is 27.8 Å². The van der Waals surface area contributed by atoms with Crippen molar-refractivity contribution in [3.8, 4) is 0 Å². The molecule has 2 rings (SSSR count). The molecule has 0 aromatic heterocycles. The SMILES string of the molecule is CC1CCCCC1OC(=O)c1cc(Cl)c(N)c(Cl)c1. The van der Waals surface area contributed by atoms with Crippen LogP contribution in [0.5, 0.6) is 0 Å². The van der Waals surface area contributed by atoms with Crippen LogP contribution in [0.2, 0.25) is 10.0 Å². The van der Waals surface area contributed by atoms with Crippen molar-refractivity contribution in [1.29, 1.82) is 0 Å². The van der Waals surface area contributed by atoms with E-state index >= 15 is 0 Å². The van der Waals surface area contributed by atoms with E-state index in [1.807, 2.05) is 0 Å². The van der Waals surface area contributed by atoms with Gasteiger partial charge >= 0.3 is 5.97 Å². The lowest BCUT2D eigenvalue weighted by Gasteiger charge is -2.28. The van der Waals surface area contributed by atoms with Gasteiger partial charge in [0, 0.05) is 0 Å². The zero-order chi connectivity index (χ0) is 14.0. The molecular weight excluding hydrogens is 285 g/mol. The summed E-state index contributed by atoms with van der Waals surface area (Å²) >= 11 is 11.8. The summed E-state index contributed by atoms with van der Waals surface area (Å²) in [7, 11) is 0. The summed E-state index contributed by atoms with van der Waals surface area (Å²) < 4.78 is 5.54. The van der Waals surface area contributed by atoms with Crippen molar-refractivity contribution in [2.75, 3.05) is 5.73 Å². The van der Waals surface area contributed by atoms with Gasteiger partial charge in [-0.05, 0) is 37.3 Å². The van der Waals surface area contributed by atoms with Crippen molar-refractivity contribution in [1.82, 2.24) is 0 Å². The second-order valence-electron chi connectivity index (χ2n) is 5.06. The zero-order valence-electron chi connectivity index (χ0n) is 10.8. The third-order valence-electron chi connectivity index (χ3n) is 3.61. The van der Waals surface area contributed by atoms with Gasteiger partial charge in [-0.1, -0.05) is 36.5 Å². The van der Waals surface area contributed by atoms with E-state index in [2.05, 4.69) is 6.92 Å². The molecule has 2 N–H and O–H groups in total. The lowest BCUT2D eigenvalue weighted by Crippen LogP contribution is -2.28. The molecule has 3 nitrogen and oxygen atoms in total. The number of anilines is 1. The van der Waals surface area contributed by atoms with Crippen LogP contribution in [0, 0.1) is 5.92 Å². The monoisotopic (exact) mass is 301 g/mol. The summed E-state index contributed by atoms with van der Waals surface area (Å²) in [5, 5.41) is 0.548. The first-order chi connectivity index (χ1) is 8.99. The molecule has 2 unspecified atom stereocenters. The average molecular weight is 302 g/mol. The van der Waals surface area contributed by atoms with Gasteiger partial charge in [-0.2, -0.15) is 0 Å². The van der Waals surface area contributed by atoms with Crippen molar-refractivity contribution in [3.05, 3.63) is 27.7 Å². The van der Waals surface area contributed by atoms with E-state index < -0.39 is 0 Å². The van der Waals surface area contributed by atoms with Gasteiger partial charge in [-0.25, -0.2) is 4.79 Å². The number of hydrogen-bond acceptors (Lipinski definition) is 3. The Hall–Kier alpha value is -0.930. The van der Waals surface area contributed by atoms with Crippen LogP contribution in [0.4, 0.5) is 5.69 Å². The van der Waals surface area contributed by atoms with Crippen LogP contribution in [0.1, 0.15) is 43.0 Å². The summed E-state index contributed by atoms with van der Waals surface area (Å²) in [5.41, 5.74) is 6.27. The van der Waals surface area contributed by atoms with Gasteiger partial charge in [0.05, 0.1) is 21.3 Å². The first kappa shape index (κ1) is 14.5. The number of ether oxygens (including phenoxy) is 1. The summed E-state index contributed by atoms with van der Waals surface area (Å²) in [6, 6.07) is 3.00. The second kappa shape index (κ2) is 6.02. The van der Waals surface area contributed by atoms with E-state index in [9.17, 15) is 4.79 Å². The third-order valence-corrected chi connectivity index (χ3v) is 4.23. The summed E-state index contributed by atoms with van der Waals surface area (Å²) in [4.78, 5) is 12.1. The zero-order valence-corrected chi connectivity index (χ0v) is 12.3. The molecule has 2 atom stereocenters. The van der Waals surface area contributed by atoms with Crippen LogP contribution in [0.25, 0.3) is 0 Å².